The smallest absolute Gasteiger partial charge is 0.141 e. The van der Waals surface area contributed by atoms with Gasteiger partial charge in [-0.2, -0.15) is 0 Å². The first-order valence-electron chi connectivity index (χ1n) is 6.28. The lowest BCUT2D eigenvalue weighted by molar-refractivity contribution is 0.416. The third kappa shape index (κ3) is 2.83. The highest BCUT2D eigenvalue weighted by atomic mass is 16.5. The Hall–Kier alpha value is -1.96. The molecule has 2 aromatic rings. The van der Waals surface area contributed by atoms with E-state index in [9.17, 15) is 0 Å². The van der Waals surface area contributed by atoms with Gasteiger partial charge in [0.15, 0.2) is 0 Å². The van der Waals surface area contributed by atoms with Crippen molar-refractivity contribution in [2.24, 2.45) is 0 Å². The second kappa shape index (κ2) is 6.10. The summed E-state index contributed by atoms with van der Waals surface area (Å²) in [4.78, 5) is 0. The van der Waals surface area contributed by atoms with Crippen LogP contribution in [0.2, 0.25) is 0 Å². The lowest BCUT2D eigenvalue weighted by atomic mass is 10.1. The van der Waals surface area contributed by atoms with E-state index in [1.807, 2.05) is 24.3 Å². The van der Waals surface area contributed by atoms with Crippen molar-refractivity contribution in [1.29, 1.82) is 0 Å². The number of nitrogens with one attached hydrogen (secondary N) is 1. The lowest BCUT2D eigenvalue weighted by Crippen LogP contribution is -2.03. The highest BCUT2D eigenvalue weighted by Crippen LogP contribution is 2.24. The van der Waals surface area contributed by atoms with E-state index in [-0.39, 0.29) is 0 Å². The van der Waals surface area contributed by atoms with E-state index in [2.05, 4.69) is 36.5 Å². The van der Waals surface area contributed by atoms with Crippen LogP contribution >= 0.6 is 0 Å². The van der Waals surface area contributed by atoms with E-state index in [0.29, 0.717) is 0 Å². The normalized spacial score (nSPS) is 10.1. The Morgan fingerprint density at radius 2 is 1.61 bits per heavy atom. The predicted octanol–water partition coefficient (Wildman–Crippen LogP) is 3.87. The lowest BCUT2D eigenvalue weighted by Gasteiger charge is -2.12. The van der Waals surface area contributed by atoms with Crippen molar-refractivity contribution in [2.75, 3.05) is 12.4 Å². The van der Waals surface area contributed by atoms with Crippen LogP contribution in [0, 0.1) is 0 Å². The van der Waals surface area contributed by atoms with Crippen LogP contribution in [0.3, 0.4) is 0 Å². The molecule has 0 fully saturated rings. The molecule has 0 aromatic heterocycles. The van der Waals surface area contributed by atoms with Crippen molar-refractivity contribution < 1.29 is 4.74 Å². The van der Waals surface area contributed by atoms with Crippen LogP contribution in [0.25, 0.3) is 0 Å². The summed E-state index contributed by atoms with van der Waals surface area (Å²) in [5.74, 6) is 0.881. The van der Waals surface area contributed by atoms with Crippen LogP contribution < -0.4 is 10.1 Å². The number of para-hydroxylation sites is 2. The van der Waals surface area contributed by atoms with Gasteiger partial charge in [-0.25, -0.2) is 0 Å². The largest absolute Gasteiger partial charge is 0.495 e. The van der Waals surface area contributed by atoms with Gasteiger partial charge in [0.2, 0.25) is 0 Å². The van der Waals surface area contributed by atoms with Crippen molar-refractivity contribution in [3.8, 4) is 5.75 Å². The summed E-state index contributed by atoms with van der Waals surface area (Å²) >= 11 is 0. The number of ether oxygens (including phenoxy) is 1. The molecule has 0 aliphatic carbocycles. The minimum absolute atomic E-state index is 0.824. The van der Waals surface area contributed by atoms with Crippen LogP contribution in [0.5, 0.6) is 5.75 Å². The maximum atomic E-state index is 5.33. The molecule has 0 atom stereocenters. The fraction of sp³-hybridized carbons (Fsp3) is 0.250. The van der Waals surface area contributed by atoms with Gasteiger partial charge in [-0.05, 0) is 29.7 Å². The molecule has 94 valence electrons. The molecule has 0 spiro atoms. The maximum absolute atomic E-state index is 5.33. The van der Waals surface area contributed by atoms with Gasteiger partial charge in [-0.1, -0.05) is 43.3 Å². The molecule has 2 aromatic carbocycles. The Kier molecular flexibility index (Phi) is 4.24. The van der Waals surface area contributed by atoms with Gasteiger partial charge in [-0.15, -0.1) is 0 Å². The molecule has 2 nitrogen and oxygen atoms in total. The van der Waals surface area contributed by atoms with Gasteiger partial charge >= 0.3 is 0 Å². The number of hydrogen-bond donors (Lipinski definition) is 1. The molecule has 0 saturated carbocycles. The van der Waals surface area contributed by atoms with E-state index >= 15 is 0 Å². The third-order valence-electron chi connectivity index (χ3n) is 3.08. The highest BCUT2D eigenvalue weighted by molar-refractivity contribution is 5.56. The van der Waals surface area contributed by atoms with E-state index in [4.69, 9.17) is 4.74 Å². The summed E-state index contributed by atoms with van der Waals surface area (Å²) < 4.78 is 5.33. The summed E-state index contributed by atoms with van der Waals surface area (Å²) in [5, 5.41) is 3.43. The molecule has 0 amide bonds. The van der Waals surface area contributed by atoms with Crippen LogP contribution in [0.1, 0.15) is 18.1 Å². The minimum atomic E-state index is 0.824. The SMILES string of the molecule is CCc1ccccc1CNc1ccccc1OC. The molecule has 0 heterocycles. The fourth-order valence-electron chi connectivity index (χ4n) is 2.06. The summed E-state index contributed by atoms with van der Waals surface area (Å²) in [7, 11) is 1.69. The Bertz CT molecular complexity index is 460. The van der Waals surface area contributed by atoms with Crippen LogP contribution in [0.4, 0.5) is 5.69 Å². The topological polar surface area (TPSA) is 21.3 Å². The second-order valence-electron chi connectivity index (χ2n) is 4.18. The molecular formula is C16H19NO. The molecule has 2 heteroatoms. The third-order valence-corrected chi connectivity index (χ3v) is 3.08. The molecule has 18 heavy (non-hydrogen) atoms. The number of hydrogen-bond acceptors (Lipinski definition) is 2. The summed E-state index contributed by atoms with van der Waals surface area (Å²) in [6, 6.07) is 16.5. The average molecular weight is 241 g/mol. The van der Waals surface area contributed by atoms with E-state index in [1.165, 1.54) is 11.1 Å². The van der Waals surface area contributed by atoms with Gasteiger partial charge in [0.05, 0.1) is 12.8 Å². The molecule has 0 aliphatic heterocycles. The molecule has 1 N–H and O–H groups in total. The Morgan fingerprint density at radius 3 is 2.33 bits per heavy atom. The highest BCUT2D eigenvalue weighted by Gasteiger charge is 2.03. The number of methoxy groups -OCH3 is 1. The summed E-state index contributed by atoms with van der Waals surface area (Å²) in [6.45, 7) is 3.01. The van der Waals surface area contributed by atoms with Crippen molar-refractivity contribution in [2.45, 2.75) is 19.9 Å². The van der Waals surface area contributed by atoms with Crippen molar-refractivity contribution in [3.05, 3.63) is 59.7 Å². The quantitative estimate of drug-likeness (QED) is 0.858. The van der Waals surface area contributed by atoms with Gasteiger partial charge < -0.3 is 10.1 Å². The van der Waals surface area contributed by atoms with E-state index in [0.717, 1.165) is 24.4 Å². The first kappa shape index (κ1) is 12.5. The number of benzene rings is 2. The molecular weight excluding hydrogens is 222 g/mol. The van der Waals surface area contributed by atoms with E-state index in [1.54, 1.807) is 7.11 Å². The Balaban J connectivity index is 2.11. The van der Waals surface area contributed by atoms with Gasteiger partial charge in [-0.3, -0.25) is 0 Å². The Morgan fingerprint density at radius 1 is 0.944 bits per heavy atom. The monoisotopic (exact) mass is 241 g/mol. The zero-order valence-electron chi connectivity index (χ0n) is 10.9. The van der Waals surface area contributed by atoms with Crippen molar-refractivity contribution >= 4 is 5.69 Å². The maximum Gasteiger partial charge on any atom is 0.141 e. The molecule has 2 rings (SSSR count). The summed E-state index contributed by atoms with van der Waals surface area (Å²) in [6.07, 6.45) is 1.06. The standard InChI is InChI=1S/C16H19NO/c1-3-13-8-4-5-9-14(13)12-17-15-10-6-7-11-16(15)18-2/h4-11,17H,3,12H2,1-2H3. The Labute approximate surface area is 109 Å². The van der Waals surface area contributed by atoms with Crippen LogP contribution in [0.15, 0.2) is 48.5 Å². The van der Waals surface area contributed by atoms with Crippen molar-refractivity contribution in [1.82, 2.24) is 0 Å². The number of rotatable bonds is 5. The predicted molar refractivity (Wildman–Crippen MR) is 76.1 cm³/mol. The zero-order chi connectivity index (χ0) is 12.8. The molecule has 0 unspecified atom stereocenters. The van der Waals surface area contributed by atoms with Crippen molar-refractivity contribution in [3.63, 3.8) is 0 Å². The molecule has 0 aliphatic rings. The van der Waals surface area contributed by atoms with E-state index < -0.39 is 0 Å². The minimum Gasteiger partial charge on any atom is -0.495 e. The summed E-state index contributed by atoms with van der Waals surface area (Å²) in [5.41, 5.74) is 3.76. The van der Waals surface area contributed by atoms with Crippen LogP contribution in [-0.2, 0) is 13.0 Å². The van der Waals surface area contributed by atoms with Crippen LogP contribution in [-0.4, -0.2) is 7.11 Å². The molecule has 0 bridgehead atoms. The second-order valence-corrected chi connectivity index (χ2v) is 4.18. The molecule has 0 saturated heterocycles. The fourth-order valence-corrected chi connectivity index (χ4v) is 2.06. The first-order chi connectivity index (χ1) is 8.85. The van der Waals surface area contributed by atoms with Gasteiger partial charge in [0.1, 0.15) is 5.75 Å². The average Bonchev–Trinajstić information content (AvgIpc) is 2.45. The first-order valence-corrected chi connectivity index (χ1v) is 6.28. The zero-order valence-corrected chi connectivity index (χ0v) is 10.9. The van der Waals surface area contributed by atoms with Gasteiger partial charge in [0.25, 0.3) is 0 Å². The van der Waals surface area contributed by atoms with Gasteiger partial charge in [0, 0.05) is 6.54 Å². The number of anilines is 1. The number of aryl methyl sites for hydroxylation is 1. The molecule has 0 radical (unpaired) electrons.